The topological polar surface area (TPSA) is 38.0 Å². The molecule has 0 fully saturated rings. The van der Waals surface area contributed by atoms with Crippen LogP contribution in [0.2, 0.25) is 0 Å². The Labute approximate surface area is 242 Å². The molecule has 8 aromatic rings. The molecule has 8 rings (SSSR count). The average Bonchev–Trinajstić information content (AvgIpc) is 3.57. The van der Waals surface area contributed by atoms with Crippen molar-refractivity contribution < 1.29 is 0 Å². The molecule has 2 aromatic heterocycles. The van der Waals surface area contributed by atoms with Crippen molar-refractivity contribution >= 4 is 49.3 Å². The molecule has 42 heavy (non-hydrogen) atoms. The number of rotatable bonds is 3. The van der Waals surface area contributed by atoms with Crippen molar-refractivity contribution in [3.05, 3.63) is 150 Å². The Kier molecular flexibility index (Phi) is 5.22. The molecule has 2 heterocycles. The van der Waals surface area contributed by atoms with E-state index in [4.69, 9.17) is 6.57 Å². The first-order chi connectivity index (χ1) is 20.7. The van der Waals surface area contributed by atoms with Gasteiger partial charge in [0, 0.05) is 27.5 Å². The Morgan fingerprint density at radius 1 is 0.500 bits per heavy atom. The zero-order chi connectivity index (χ0) is 28.2. The van der Waals surface area contributed by atoms with E-state index in [1.807, 2.05) is 42.5 Å². The molecule has 0 radical (unpaired) electrons. The predicted octanol–water partition coefficient (Wildman–Crippen LogP) is 9.97. The Balaban J connectivity index is 1.35. The summed E-state index contributed by atoms with van der Waals surface area (Å²) in [6, 6.07) is 48.1. The lowest BCUT2D eigenvalue weighted by Gasteiger charge is -2.12. The number of nitriles is 1. The van der Waals surface area contributed by atoms with Crippen LogP contribution in [-0.2, 0) is 0 Å². The SMILES string of the molecule is [C-]#[N+]c1ccc2c(c1)c1ccc(-c3cccc(-n4c5ccccc5c5ccccc54)c3)cc1n2-c1ccc(C#N)cc1. The van der Waals surface area contributed by atoms with Crippen LogP contribution in [0.1, 0.15) is 5.56 Å². The van der Waals surface area contributed by atoms with E-state index in [1.165, 1.54) is 21.8 Å². The number of nitrogens with zero attached hydrogens (tertiary/aromatic N) is 4. The summed E-state index contributed by atoms with van der Waals surface area (Å²) < 4.78 is 4.56. The van der Waals surface area contributed by atoms with Gasteiger partial charge < -0.3 is 9.13 Å². The Hall–Kier alpha value is -6.10. The third-order valence-corrected chi connectivity index (χ3v) is 8.15. The van der Waals surface area contributed by atoms with E-state index >= 15 is 0 Å². The normalized spacial score (nSPS) is 11.3. The van der Waals surface area contributed by atoms with Crippen LogP contribution in [0.3, 0.4) is 0 Å². The highest BCUT2D eigenvalue weighted by Crippen LogP contribution is 2.38. The lowest BCUT2D eigenvalue weighted by atomic mass is 10.0. The van der Waals surface area contributed by atoms with Crippen molar-refractivity contribution in [3.63, 3.8) is 0 Å². The van der Waals surface area contributed by atoms with Crippen LogP contribution in [0.4, 0.5) is 5.69 Å². The maximum Gasteiger partial charge on any atom is 0.188 e. The van der Waals surface area contributed by atoms with Gasteiger partial charge in [0.1, 0.15) is 0 Å². The second-order valence-electron chi connectivity index (χ2n) is 10.5. The van der Waals surface area contributed by atoms with Gasteiger partial charge in [0.15, 0.2) is 5.69 Å². The standard InChI is InChI=1S/C38H22N4/c1-40-28-16-20-37-34(23-28)33-19-15-27(22-38(33)41(37)29-17-13-25(24-39)14-18-29)26-7-6-8-30(21-26)42-35-11-4-2-9-31(35)32-10-3-5-12-36(32)42/h2-23H. The maximum atomic E-state index is 9.34. The molecule has 0 spiro atoms. The second kappa shape index (κ2) is 9.24. The number of hydrogen-bond donors (Lipinski definition) is 0. The smallest absolute Gasteiger partial charge is 0.188 e. The number of benzene rings is 6. The van der Waals surface area contributed by atoms with Crippen molar-refractivity contribution in [1.29, 1.82) is 5.26 Å². The summed E-state index contributed by atoms with van der Waals surface area (Å²) >= 11 is 0. The van der Waals surface area contributed by atoms with Crippen molar-refractivity contribution in [2.24, 2.45) is 0 Å². The van der Waals surface area contributed by atoms with E-state index in [9.17, 15) is 5.26 Å². The highest BCUT2D eigenvalue weighted by atomic mass is 15.0. The summed E-state index contributed by atoms with van der Waals surface area (Å²) in [5.41, 5.74) is 9.99. The van der Waals surface area contributed by atoms with Gasteiger partial charge in [-0.3, -0.25) is 0 Å². The summed E-state index contributed by atoms with van der Waals surface area (Å²) in [5, 5.41) is 13.9. The van der Waals surface area contributed by atoms with Gasteiger partial charge in [0.25, 0.3) is 0 Å². The maximum absolute atomic E-state index is 9.34. The third-order valence-electron chi connectivity index (χ3n) is 8.15. The lowest BCUT2D eigenvalue weighted by molar-refractivity contribution is 1.18. The van der Waals surface area contributed by atoms with E-state index in [2.05, 4.69) is 111 Å². The predicted molar refractivity (Wildman–Crippen MR) is 172 cm³/mol. The molecule has 0 saturated carbocycles. The lowest BCUT2D eigenvalue weighted by Crippen LogP contribution is -1.95. The van der Waals surface area contributed by atoms with Gasteiger partial charge in [-0.2, -0.15) is 5.26 Å². The first kappa shape index (κ1) is 23.8. The second-order valence-corrected chi connectivity index (χ2v) is 10.5. The van der Waals surface area contributed by atoms with Gasteiger partial charge in [-0.15, -0.1) is 0 Å². The molecule has 0 aliphatic rings. The van der Waals surface area contributed by atoms with Crippen LogP contribution in [0, 0.1) is 17.9 Å². The molecule has 0 aliphatic heterocycles. The highest BCUT2D eigenvalue weighted by Gasteiger charge is 2.16. The van der Waals surface area contributed by atoms with Gasteiger partial charge >= 0.3 is 0 Å². The molecule has 194 valence electrons. The molecular formula is C38H22N4. The summed E-state index contributed by atoms with van der Waals surface area (Å²) in [7, 11) is 0. The van der Waals surface area contributed by atoms with Gasteiger partial charge in [0.2, 0.25) is 0 Å². The molecule has 0 unspecified atom stereocenters. The molecule has 4 heteroatoms. The minimum atomic E-state index is 0.615. The number of fused-ring (bicyclic) bond motifs is 6. The Morgan fingerprint density at radius 3 is 1.86 bits per heavy atom. The third kappa shape index (κ3) is 3.53. The average molecular weight is 535 g/mol. The Bertz CT molecular complexity index is 2370. The van der Waals surface area contributed by atoms with Gasteiger partial charge in [-0.05, 0) is 83.2 Å². The number of hydrogen-bond acceptors (Lipinski definition) is 1. The molecule has 0 atom stereocenters. The van der Waals surface area contributed by atoms with Crippen LogP contribution < -0.4 is 0 Å². The highest BCUT2D eigenvalue weighted by molar-refractivity contribution is 6.11. The molecule has 0 bridgehead atoms. The monoisotopic (exact) mass is 534 g/mol. The van der Waals surface area contributed by atoms with Crippen molar-refractivity contribution in [2.45, 2.75) is 0 Å². The minimum Gasteiger partial charge on any atom is -0.309 e. The van der Waals surface area contributed by atoms with Crippen molar-refractivity contribution in [1.82, 2.24) is 9.13 Å². The quantitative estimate of drug-likeness (QED) is 0.208. The largest absolute Gasteiger partial charge is 0.309 e. The van der Waals surface area contributed by atoms with Crippen molar-refractivity contribution in [3.8, 4) is 28.6 Å². The van der Waals surface area contributed by atoms with Gasteiger partial charge in [0.05, 0.1) is 40.3 Å². The zero-order valence-corrected chi connectivity index (χ0v) is 22.5. The fourth-order valence-electron chi connectivity index (χ4n) is 6.25. The zero-order valence-electron chi connectivity index (χ0n) is 22.5. The summed E-state index contributed by atoms with van der Waals surface area (Å²) in [6.07, 6.45) is 0. The summed E-state index contributed by atoms with van der Waals surface area (Å²) in [5.74, 6) is 0. The fraction of sp³-hybridized carbons (Fsp3) is 0. The minimum absolute atomic E-state index is 0.615. The van der Waals surface area contributed by atoms with E-state index in [1.54, 1.807) is 0 Å². The molecule has 6 aromatic carbocycles. The van der Waals surface area contributed by atoms with E-state index < -0.39 is 0 Å². The molecule has 4 nitrogen and oxygen atoms in total. The first-order valence-corrected chi connectivity index (χ1v) is 13.8. The van der Waals surface area contributed by atoms with Crippen LogP contribution in [0.15, 0.2) is 133 Å². The van der Waals surface area contributed by atoms with E-state index in [0.717, 1.165) is 44.3 Å². The van der Waals surface area contributed by atoms with Crippen LogP contribution in [-0.4, -0.2) is 9.13 Å². The van der Waals surface area contributed by atoms with Gasteiger partial charge in [-0.1, -0.05) is 66.7 Å². The van der Waals surface area contributed by atoms with Crippen molar-refractivity contribution in [2.75, 3.05) is 0 Å². The molecule has 0 N–H and O–H groups in total. The molecule has 0 saturated heterocycles. The van der Waals surface area contributed by atoms with E-state index in [-0.39, 0.29) is 0 Å². The Morgan fingerprint density at radius 2 is 1.14 bits per heavy atom. The summed E-state index contributed by atoms with van der Waals surface area (Å²) in [6.45, 7) is 7.55. The molecular weight excluding hydrogens is 512 g/mol. The van der Waals surface area contributed by atoms with E-state index in [0.29, 0.717) is 11.3 Å². The van der Waals surface area contributed by atoms with Crippen LogP contribution >= 0.6 is 0 Å². The fourth-order valence-corrected chi connectivity index (χ4v) is 6.25. The number of aromatic nitrogens is 2. The molecule has 0 aliphatic carbocycles. The van der Waals surface area contributed by atoms with Crippen LogP contribution in [0.5, 0.6) is 0 Å². The van der Waals surface area contributed by atoms with Crippen LogP contribution in [0.25, 0.3) is 71.0 Å². The summed E-state index contributed by atoms with van der Waals surface area (Å²) in [4.78, 5) is 3.68. The first-order valence-electron chi connectivity index (χ1n) is 13.8. The van der Waals surface area contributed by atoms with Gasteiger partial charge in [-0.25, -0.2) is 4.85 Å². The number of para-hydroxylation sites is 2. The molecule has 0 amide bonds.